The van der Waals surface area contributed by atoms with Gasteiger partial charge in [0.25, 0.3) is 0 Å². The van der Waals surface area contributed by atoms with Crippen LogP contribution in [0.25, 0.3) is 0 Å². The molecule has 1 aliphatic heterocycles. The lowest BCUT2D eigenvalue weighted by Gasteiger charge is -2.36. The fourth-order valence-corrected chi connectivity index (χ4v) is 2.13. The molecule has 2 rings (SSSR count). The SMILES string of the molecule is CC(C)(C)OC(=O)N1CCN(c2cccnc2N)CC1. The summed E-state index contributed by atoms with van der Waals surface area (Å²) in [6.45, 7) is 8.34. The molecule has 6 nitrogen and oxygen atoms in total. The van der Waals surface area contributed by atoms with E-state index in [1.807, 2.05) is 32.9 Å². The molecule has 0 unspecified atom stereocenters. The molecule has 0 aliphatic carbocycles. The van der Waals surface area contributed by atoms with Crippen LogP contribution >= 0.6 is 0 Å². The normalized spacial score (nSPS) is 16.1. The number of nitrogens with two attached hydrogens (primary N) is 1. The quantitative estimate of drug-likeness (QED) is 0.847. The highest BCUT2D eigenvalue weighted by molar-refractivity contribution is 5.69. The molecule has 2 heterocycles. The van der Waals surface area contributed by atoms with Crippen molar-refractivity contribution in [3.63, 3.8) is 0 Å². The fourth-order valence-electron chi connectivity index (χ4n) is 2.13. The molecule has 1 saturated heterocycles. The first-order valence-corrected chi connectivity index (χ1v) is 6.80. The van der Waals surface area contributed by atoms with Gasteiger partial charge >= 0.3 is 6.09 Å². The second-order valence-electron chi connectivity index (χ2n) is 5.86. The molecular formula is C14H22N4O2. The molecule has 0 aromatic carbocycles. The molecule has 2 N–H and O–H groups in total. The number of piperazine rings is 1. The number of carbonyl (C=O) groups is 1. The average molecular weight is 278 g/mol. The second kappa shape index (κ2) is 5.56. The smallest absolute Gasteiger partial charge is 0.410 e. The number of amides is 1. The molecular weight excluding hydrogens is 256 g/mol. The molecule has 110 valence electrons. The van der Waals surface area contributed by atoms with Gasteiger partial charge in [-0.1, -0.05) is 0 Å². The van der Waals surface area contributed by atoms with Crippen molar-refractivity contribution in [2.24, 2.45) is 0 Å². The maximum absolute atomic E-state index is 12.0. The maximum atomic E-state index is 12.0. The minimum Gasteiger partial charge on any atom is -0.444 e. The van der Waals surface area contributed by atoms with Crippen LogP contribution in [0.2, 0.25) is 0 Å². The van der Waals surface area contributed by atoms with Gasteiger partial charge < -0.3 is 20.3 Å². The van der Waals surface area contributed by atoms with Crippen molar-refractivity contribution in [1.82, 2.24) is 9.88 Å². The summed E-state index contributed by atoms with van der Waals surface area (Å²) in [6, 6.07) is 3.82. The van der Waals surface area contributed by atoms with E-state index in [1.54, 1.807) is 11.1 Å². The Morgan fingerprint density at radius 1 is 1.30 bits per heavy atom. The minimum atomic E-state index is -0.456. The Bertz CT molecular complexity index is 476. The molecule has 1 aliphatic rings. The van der Waals surface area contributed by atoms with Crippen LogP contribution in [0.15, 0.2) is 18.3 Å². The average Bonchev–Trinajstić information content (AvgIpc) is 2.37. The van der Waals surface area contributed by atoms with E-state index < -0.39 is 5.60 Å². The number of rotatable bonds is 1. The lowest BCUT2D eigenvalue weighted by molar-refractivity contribution is 0.0240. The Labute approximate surface area is 119 Å². The topological polar surface area (TPSA) is 71.7 Å². The van der Waals surface area contributed by atoms with Gasteiger partial charge in [0, 0.05) is 32.4 Å². The highest BCUT2D eigenvalue weighted by Gasteiger charge is 2.26. The van der Waals surface area contributed by atoms with Crippen molar-refractivity contribution >= 4 is 17.6 Å². The van der Waals surface area contributed by atoms with Crippen molar-refractivity contribution in [2.45, 2.75) is 26.4 Å². The summed E-state index contributed by atoms with van der Waals surface area (Å²) in [6.07, 6.45) is 1.42. The molecule has 1 amide bonds. The molecule has 0 radical (unpaired) electrons. The monoisotopic (exact) mass is 278 g/mol. The molecule has 1 fully saturated rings. The van der Waals surface area contributed by atoms with Gasteiger partial charge in [-0.25, -0.2) is 9.78 Å². The number of pyridine rings is 1. The number of nitrogen functional groups attached to an aromatic ring is 1. The Kier molecular flexibility index (Phi) is 4.01. The lowest BCUT2D eigenvalue weighted by atomic mass is 10.2. The number of anilines is 2. The number of hydrogen-bond donors (Lipinski definition) is 1. The van der Waals surface area contributed by atoms with E-state index in [-0.39, 0.29) is 6.09 Å². The zero-order valence-electron chi connectivity index (χ0n) is 12.3. The molecule has 20 heavy (non-hydrogen) atoms. The standard InChI is InChI=1S/C14H22N4O2/c1-14(2,3)20-13(19)18-9-7-17(8-10-18)11-5-4-6-16-12(11)15/h4-6H,7-10H2,1-3H3,(H2,15,16). The van der Waals surface area contributed by atoms with Gasteiger partial charge in [-0.15, -0.1) is 0 Å². The lowest BCUT2D eigenvalue weighted by Crippen LogP contribution is -2.50. The summed E-state index contributed by atoms with van der Waals surface area (Å²) in [5.74, 6) is 0.526. The van der Waals surface area contributed by atoms with Crippen LogP contribution in [0.3, 0.4) is 0 Å². The van der Waals surface area contributed by atoms with Crippen molar-refractivity contribution in [3.8, 4) is 0 Å². The summed E-state index contributed by atoms with van der Waals surface area (Å²) < 4.78 is 5.37. The molecule has 6 heteroatoms. The Morgan fingerprint density at radius 2 is 1.95 bits per heavy atom. The van der Waals surface area contributed by atoms with Gasteiger partial charge in [0.15, 0.2) is 0 Å². The van der Waals surface area contributed by atoms with E-state index in [1.165, 1.54) is 0 Å². The van der Waals surface area contributed by atoms with E-state index in [4.69, 9.17) is 10.5 Å². The maximum Gasteiger partial charge on any atom is 0.410 e. The van der Waals surface area contributed by atoms with Gasteiger partial charge in [-0.2, -0.15) is 0 Å². The summed E-state index contributed by atoms with van der Waals surface area (Å²) >= 11 is 0. The Balaban J connectivity index is 1.93. The Morgan fingerprint density at radius 3 is 2.50 bits per heavy atom. The summed E-state index contributed by atoms with van der Waals surface area (Å²) in [5, 5.41) is 0. The van der Waals surface area contributed by atoms with Crippen molar-refractivity contribution in [3.05, 3.63) is 18.3 Å². The van der Waals surface area contributed by atoms with E-state index in [2.05, 4.69) is 9.88 Å². The third-order valence-electron chi connectivity index (χ3n) is 3.09. The summed E-state index contributed by atoms with van der Waals surface area (Å²) in [4.78, 5) is 19.9. The number of nitrogens with zero attached hydrogens (tertiary/aromatic N) is 3. The predicted molar refractivity (Wildman–Crippen MR) is 78.7 cm³/mol. The third kappa shape index (κ3) is 3.53. The highest BCUT2D eigenvalue weighted by atomic mass is 16.6. The number of carbonyl (C=O) groups excluding carboxylic acids is 1. The Hall–Kier alpha value is -1.98. The third-order valence-corrected chi connectivity index (χ3v) is 3.09. The second-order valence-corrected chi connectivity index (χ2v) is 5.86. The van der Waals surface area contributed by atoms with Gasteiger partial charge in [0.1, 0.15) is 11.4 Å². The molecule has 1 aromatic rings. The van der Waals surface area contributed by atoms with Crippen LogP contribution in [0, 0.1) is 0 Å². The zero-order chi connectivity index (χ0) is 14.8. The van der Waals surface area contributed by atoms with Crippen LogP contribution in [0.4, 0.5) is 16.3 Å². The first-order chi connectivity index (χ1) is 9.37. The van der Waals surface area contributed by atoms with Crippen molar-refractivity contribution < 1.29 is 9.53 Å². The number of ether oxygens (including phenoxy) is 1. The molecule has 0 atom stereocenters. The van der Waals surface area contributed by atoms with Crippen molar-refractivity contribution in [2.75, 3.05) is 36.8 Å². The molecule has 0 saturated carbocycles. The molecule has 0 bridgehead atoms. The first kappa shape index (κ1) is 14.4. The summed E-state index contributed by atoms with van der Waals surface area (Å²) in [7, 11) is 0. The van der Waals surface area contributed by atoms with E-state index in [0.29, 0.717) is 18.9 Å². The summed E-state index contributed by atoms with van der Waals surface area (Å²) in [5.41, 5.74) is 6.34. The minimum absolute atomic E-state index is 0.253. The van der Waals surface area contributed by atoms with Crippen molar-refractivity contribution in [1.29, 1.82) is 0 Å². The van der Waals surface area contributed by atoms with E-state index in [9.17, 15) is 4.79 Å². The predicted octanol–water partition coefficient (Wildman–Crippen LogP) is 1.72. The zero-order valence-corrected chi connectivity index (χ0v) is 12.3. The van der Waals surface area contributed by atoms with Crippen LogP contribution in [0.1, 0.15) is 20.8 Å². The number of hydrogen-bond acceptors (Lipinski definition) is 5. The largest absolute Gasteiger partial charge is 0.444 e. The number of aromatic nitrogens is 1. The highest BCUT2D eigenvalue weighted by Crippen LogP contribution is 2.22. The fraction of sp³-hybridized carbons (Fsp3) is 0.571. The van der Waals surface area contributed by atoms with Gasteiger partial charge in [-0.05, 0) is 32.9 Å². The van der Waals surface area contributed by atoms with E-state index in [0.717, 1.165) is 18.8 Å². The first-order valence-electron chi connectivity index (χ1n) is 6.80. The van der Waals surface area contributed by atoms with Crippen LogP contribution in [0.5, 0.6) is 0 Å². The molecule has 1 aromatic heterocycles. The van der Waals surface area contributed by atoms with Gasteiger partial charge in [0.2, 0.25) is 0 Å². The van der Waals surface area contributed by atoms with Gasteiger partial charge in [-0.3, -0.25) is 0 Å². The van der Waals surface area contributed by atoms with Crippen LogP contribution in [-0.2, 0) is 4.74 Å². The van der Waals surface area contributed by atoms with Crippen LogP contribution < -0.4 is 10.6 Å². The van der Waals surface area contributed by atoms with E-state index >= 15 is 0 Å². The molecule has 0 spiro atoms. The van der Waals surface area contributed by atoms with Crippen LogP contribution in [-0.4, -0.2) is 47.8 Å². The van der Waals surface area contributed by atoms with Gasteiger partial charge in [0.05, 0.1) is 5.69 Å².